The van der Waals surface area contributed by atoms with E-state index in [0.717, 1.165) is 41.9 Å². The van der Waals surface area contributed by atoms with Gasteiger partial charge in [-0.3, -0.25) is 14.3 Å². The normalized spacial score (nSPS) is 24.6. The highest BCUT2D eigenvalue weighted by Gasteiger charge is 2.49. The van der Waals surface area contributed by atoms with Crippen LogP contribution in [0.15, 0.2) is 23.0 Å². The Morgan fingerprint density at radius 3 is 2.67 bits per heavy atom. The number of likely N-dealkylation sites (N-methyl/N-ethyl adjacent to an activating group) is 1. The minimum Gasteiger partial charge on any atom is -0.364 e. The van der Waals surface area contributed by atoms with Crippen LogP contribution >= 0.6 is 0 Å². The first-order chi connectivity index (χ1) is 10.1. The van der Waals surface area contributed by atoms with E-state index in [4.69, 9.17) is 0 Å². The van der Waals surface area contributed by atoms with E-state index in [9.17, 15) is 4.79 Å². The Bertz CT molecular complexity index is 782. The largest absolute Gasteiger partial charge is 0.364 e. The molecule has 0 aliphatic carbocycles. The van der Waals surface area contributed by atoms with Crippen molar-refractivity contribution in [2.75, 3.05) is 25.0 Å². The van der Waals surface area contributed by atoms with Crippen molar-refractivity contribution in [1.29, 1.82) is 0 Å². The molecular weight excluding hydrogens is 264 g/mol. The summed E-state index contributed by atoms with van der Waals surface area (Å²) in [6.07, 6.45) is 0.769. The lowest BCUT2D eigenvalue weighted by Crippen LogP contribution is -2.78. The molecule has 2 atom stereocenters. The zero-order chi connectivity index (χ0) is 14.7. The third-order valence-electron chi connectivity index (χ3n) is 5.07. The predicted octanol–water partition coefficient (Wildman–Crippen LogP) is 0.998. The Hall–Kier alpha value is -1.88. The lowest BCUT2D eigenvalue weighted by molar-refractivity contribution is 0.0369. The fraction of sp³-hybridized carbons (Fsp3) is 0.500. The Balaban J connectivity index is 1.77. The molecule has 0 N–H and O–H groups in total. The van der Waals surface area contributed by atoms with Crippen LogP contribution in [0.5, 0.6) is 0 Å². The van der Waals surface area contributed by atoms with E-state index in [2.05, 4.69) is 27.9 Å². The minimum absolute atomic E-state index is 0.0569. The lowest BCUT2D eigenvalue weighted by atomic mass is 9.85. The van der Waals surface area contributed by atoms with E-state index < -0.39 is 0 Å². The first-order valence-electron chi connectivity index (χ1n) is 7.56. The van der Waals surface area contributed by atoms with Gasteiger partial charge < -0.3 is 4.90 Å². The summed E-state index contributed by atoms with van der Waals surface area (Å²) in [6.45, 7) is 4.20. The average Bonchev–Trinajstić information content (AvgIpc) is 2.48. The molecule has 0 bridgehead atoms. The van der Waals surface area contributed by atoms with Crippen molar-refractivity contribution >= 4 is 16.6 Å². The highest BCUT2D eigenvalue weighted by atomic mass is 16.1. The lowest BCUT2D eigenvalue weighted by Gasteiger charge is -2.62. The Labute approximate surface area is 123 Å². The van der Waals surface area contributed by atoms with Gasteiger partial charge in [-0.2, -0.15) is 0 Å². The van der Waals surface area contributed by atoms with Crippen molar-refractivity contribution in [3.05, 3.63) is 34.4 Å². The van der Waals surface area contributed by atoms with Crippen molar-refractivity contribution < 1.29 is 0 Å². The van der Waals surface area contributed by atoms with E-state index >= 15 is 0 Å². The van der Waals surface area contributed by atoms with Crippen molar-refractivity contribution in [2.45, 2.75) is 25.4 Å². The molecule has 0 amide bonds. The highest BCUT2D eigenvalue weighted by molar-refractivity contribution is 5.82. The van der Waals surface area contributed by atoms with Gasteiger partial charge in [0.15, 0.2) is 0 Å². The van der Waals surface area contributed by atoms with E-state index in [0.29, 0.717) is 12.1 Å². The van der Waals surface area contributed by atoms with Crippen LogP contribution in [-0.2, 0) is 13.5 Å². The second-order valence-corrected chi connectivity index (χ2v) is 6.17. The van der Waals surface area contributed by atoms with Gasteiger partial charge >= 0.3 is 0 Å². The first-order valence-corrected chi connectivity index (χ1v) is 7.56. The predicted molar refractivity (Wildman–Crippen MR) is 83.9 cm³/mol. The maximum atomic E-state index is 12.5. The van der Waals surface area contributed by atoms with E-state index in [1.807, 2.05) is 19.1 Å². The van der Waals surface area contributed by atoms with E-state index in [-0.39, 0.29) is 5.56 Å². The summed E-state index contributed by atoms with van der Waals surface area (Å²) >= 11 is 0. The van der Waals surface area contributed by atoms with Crippen LogP contribution in [0.25, 0.3) is 10.9 Å². The molecule has 0 saturated carbocycles. The zero-order valence-corrected chi connectivity index (χ0v) is 12.7. The van der Waals surface area contributed by atoms with Gasteiger partial charge in [0.2, 0.25) is 0 Å². The third-order valence-corrected chi connectivity index (χ3v) is 5.07. The molecule has 0 spiro atoms. The van der Waals surface area contributed by atoms with Crippen LogP contribution in [0.3, 0.4) is 0 Å². The number of anilines is 1. The number of rotatable bonds is 2. The van der Waals surface area contributed by atoms with Crippen molar-refractivity contribution in [1.82, 2.24) is 14.5 Å². The van der Waals surface area contributed by atoms with Crippen LogP contribution in [0, 0.1) is 0 Å². The van der Waals surface area contributed by atoms with Crippen LogP contribution in [-0.4, -0.2) is 46.7 Å². The second kappa shape index (κ2) is 4.31. The van der Waals surface area contributed by atoms with Gasteiger partial charge in [-0.1, -0.05) is 6.92 Å². The molecule has 1 aromatic heterocycles. The Morgan fingerprint density at radius 1 is 1.24 bits per heavy atom. The topological polar surface area (TPSA) is 41.4 Å². The zero-order valence-electron chi connectivity index (χ0n) is 12.7. The molecule has 5 nitrogen and oxygen atoms in total. The summed E-state index contributed by atoms with van der Waals surface area (Å²) in [4.78, 5) is 21.9. The van der Waals surface area contributed by atoms with Crippen molar-refractivity contribution in [3.63, 3.8) is 0 Å². The summed E-state index contributed by atoms with van der Waals surface area (Å²) in [5.41, 5.74) is 2.02. The van der Waals surface area contributed by atoms with Crippen LogP contribution in [0.2, 0.25) is 0 Å². The molecule has 2 aliphatic heterocycles. The summed E-state index contributed by atoms with van der Waals surface area (Å²) in [5.74, 6) is 0.838. The number of aryl methyl sites for hydroxylation is 1. The van der Waals surface area contributed by atoms with Crippen LogP contribution in [0.1, 0.15) is 12.7 Å². The molecule has 1 aromatic carbocycles. The smallest absolute Gasteiger partial charge is 0.261 e. The third kappa shape index (κ3) is 1.67. The van der Waals surface area contributed by atoms with E-state index in [1.54, 1.807) is 11.6 Å². The van der Waals surface area contributed by atoms with Crippen LogP contribution < -0.4 is 10.5 Å². The molecule has 4 rings (SSSR count). The molecule has 21 heavy (non-hydrogen) atoms. The minimum atomic E-state index is 0.0569. The number of likely N-dealkylation sites (tertiary alicyclic amines) is 1. The molecular formula is C16H20N4O. The molecule has 1 unspecified atom stereocenters. The molecule has 3 heterocycles. The van der Waals surface area contributed by atoms with Gasteiger partial charge in [0.1, 0.15) is 5.82 Å². The molecule has 110 valence electrons. The number of fused-ring (bicyclic) bond motifs is 2. The number of hydrogen-bond donors (Lipinski definition) is 0. The van der Waals surface area contributed by atoms with Gasteiger partial charge in [-0.05, 0) is 25.2 Å². The highest BCUT2D eigenvalue weighted by Crippen LogP contribution is 2.36. The summed E-state index contributed by atoms with van der Waals surface area (Å²) in [7, 11) is 3.98. The Morgan fingerprint density at radius 2 is 2.05 bits per heavy atom. The number of nitrogens with zero attached hydrogens (tertiary/aromatic N) is 4. The first kappa shape index (κ1) is 12.8. The number of piperazine rings is 1. The number of hydrogen-bond acceptors (Lipinski definition) is 4. The number of aromatic nitrogens is 2. The SMILES string of the molecule is CCc1nc2ccc(N3C[C@@H]4C3CN4C)cc2c(=O)n1C. The average molecular weight is 284 g/mol. The molecule has 2 fully saturated rings. The van der Waals surface area contributed by atoms with E-state index in [1.165, 1.54) is 0 Å². The van der Waals surface area contributed by atoms with Gasteiger partial charge in [-0.25, -0.2) is 4.98 Å². The molecule has 0 radical (unpaired) electrons. The van der Waals surface area contributed by atoms with Crippen molar-refractivity contribution in [2.24, 2.45) is 7.05 Å². The van der Waals surface area contributed by atoms with Gasteiger partial charge in [0, 0.05) is 38.3 Å². The maximum absolute atomic E-state index is 12.5. The standard InChI is InChI=1S/C16H20N4O/c1-4-15-17-12-6-5-10(7-11(12)16(21)19(15)3)20-9-13-14(20)8-18(13)2/h5-7,13-14H,4,8-9H2,1-3H3/t13-,14?/m1/s1. The fourth-order valence-corrected chi connectivity index (χ4v) is 3.57. The van der Waals surface area contributed by atoms with Gasteiger partial charge in [-0.15, -0.1) is 0 Å². The fourth-order valence-electron chi connectivity index (χ4n) is 3.57. The quantitative estimate of drug-likeness (QED) is 0.825. The summed E-state index contributed by atoms with van der Waals surface area (Å²) in [5, 5.41) is 0.725. The van der Waals surface area contributed by atoms with Crippen LogP contribution in [0.4, 0.5) is 5.69 Å². The maximum Gasteiger partial charge on any atom is 0.261 e. The molecule has 2 aromatic rings. The van der Waals surface area contributed by atoms with Crippen molar-refractivity contribution in [3.8, 4) is 0 Å². The molecule has 2 saturated heterocycles. The summed E-state index contributed by atoms with van der Waals surface area (Å²) in [6, 6.07) is 7.42. The monoisotopic (exact) mass is 284 g/mol. The second-order valence-electron chi connectivity index (χ2n) is 6.17. The molecule has 5 heteroatoms. The summed E-state index contributed by atoms with van der Waals surface area (Å²) < 4.78 is 1.67. The van der Waals surface area contributed by atoms with Gasteiger partial charge in [0.25, 0.3) is 5.56 Å². The van der Waals surface area contributed by atoms with Gasteiger partial charge in [0.05, 0.1) is 16.9 Å². The Kier molecular flexibility index (Phi) is 2.63. The number of benzene rings is 1. The molecule has 2 aliphatic rings.